The van der Waals surface area contributed by atoms with Gasteiger partial charge in [0.05, 0.1) is 0 Å². The van der Waals surface area contributed by atoms with Crippen molar-refractivity contribution >= 4 is 5.82 Å². The van der Waals surface area contributed by atoms with Gasteiger partial charge < -0.3 is 5.32 Å². The average molecular weight is 178 g/mol. The Morgan fingerprint density at radius 1 is 1.31 bits per heavy atom. The third-order valence-corrected chi connectivity index (χ3v) is 2.16. The smallest absolute Gasteiger partial charge is 0.129 e. The first-order chi connectivity index (χ1) is 6.31. The molecule has 0 spiro atoms. The van der Waals surface area contributed by atoms with Gasteiger partial charge >= 0.3 is 0 Å². The molecule has 1 aromatic rings. The molecule has 0 amide bonds. The van der Waals surface area contributed by atoms with E-state index in [9.17, 15) is 0 Å². The molecule has 72 valence electrons. The van der Waals surface area contributed by atoms with E-state index in [2.05, 4.69) is 36.3 Å². The van der Waals surface area contributed by atoms with Crippen LogP contribution in [-0.4, -0.2) is 12.0 Å². The lowest BCUT2D eigenvalue weighted by molar-refractivity contribution is 0.879. The number of aryl methyl sites for hydroxylation is 2. The Balaban J connectivity index is 2.91. The van der Waals surface area contributed by atoms with Crippen LogP contribution in [0.2, 0.25) is 0 Å². The molecule has 1 rings (SSSR count). The summed E-state index contributed by atoms with van der Waals surface area (Å²) < 4.78 is 0. The van der Waals surface area contributed by atoms with Crippen molar-refractivity contribution in [3.63, 3.8) is 0 Å². The van der Waals surface area contributed by atoms with Crippen LogP contribution in [0.4, 0.5) is 5.82 Å². The normalized spacial score (nSPS) is 10.1. The quantitative estimate of drug-likeness (QED) is 0.766. The summed E-state index contributed by atoms with van der Waals surface area (Å²) in [6.07, 6.45) is 3.26. The van der Waals surface area contributed by atoms with E-state index in [0.717, 1.165) is 25.1 Å². The van der Waals surface area contributed by atoms with E-state index in [1.807, 2.05) is 7.05 Å². The second-order valence-electron chi connectivity index (χ2n) is 3.16. The van der Waals surface area contributed by atoms with Gasteiger partial charge in [0, 0.05) is 12.7 Å². The predicted molar refractivity (Wildman–Crippen MR) is 57.2 cm³/mol. The summed E-state index contributed by atoms with van der Waals surface area (Å²) in [4.78, 5) is 4.54. The first-order valence-electron chi connectivity index (χ1n) is 4.98. The molecule has 0 aliphatic heterocycles. The Hall–Kier alpha value is -1.05. The summed E-state index contributed by atoms with van der Waals surface area (Å²) >= 11 is 0. The summed E-state index contributed by atoms with van der Waals surface area (Å²) in [5.41, 5.74) is 2.48. The molecule has 0 bridgehead atoms. The minimum atomic E-state index is 1.04. The number of nitrogens with zero attached hydrogens (tertiary/aromatic N) is 1. The number of rotatable bonds is 4. The lowest BCUT2D eigenvalue weighted by atomic mass is 10.1. The first kappa shape index (κ1) is 10.0. The number of pyridine rings is 1. The Morgan fingerprint density at radius 3 is 2.62 bits per heavy atom. The van der Waals surface area contributed by atoms with E-state index in [1.54, 1.807) is 0 Å². The summed E-state index contributed by atoms with van der Waals surface area (Å²) in [6, 6.07) is 4.30. The zero-order valence-corrected chi connectivity index (χ0v) is 8.72. The van der Waals surface area contributed by atoms with Crippen LogP contribution < -0.4 is 5.32 Å². The molecule has 0 saturated carbocycles. The zero-order chi connectivity index (χ0) is 9.68. The molecule has 0 radical (unpaired) electrons. The minimum Gasteiger partial charge on any atom is -0.373 e. The standard InChI is InChI=1S/C11H18N2/c1-4-6-10-8-7-9(5-2)11(12-3)13-10/h7-8H,4-6H2,1-3H3,(H,12,13). The number of nitrogens with one attached hydrogen (secondary N) is 1. The van der Waals surface area contributed by atoms with Gasteiger partial charge in [0.15, 0.2) is 0 Å². The van der Waals surface area contributed by atoms with Crippen molar-refractivity contribution in [3.8, 4) is 0 Å². The molecule has 0 unspecified atom stereocenters. The van der Waals surface area contributed by atoms with E-state index in [1.165, 1.54) is 11.3 Å². The van der Waals surface area contributed by atoms with Gasteiger partial charge in [-0.05, 0) is 24.5 Å². The fourth-order valence-electron chi connectivity index (χ4n) is 1.43. The average Bonchev–Trinajstić information content (AvgIpc) is 2.18. The highest BCUT2D eigenvalue weighted by Crippen LogP contribution is 2.14. The molecule has 2 nitrogen and oxygen atoms in total. The minimum absolute atomic E-state index is 1.04. The second kappa shape index (κ2) is 4.85. The van der Waals surface area contributed by atoms with Crippen molar-refractivity contribution in [3.05, 3.63) is 23.4 Å². The van der Waals surface area contributed by atoms with Crippen LogP contribution in [0.25, 0.3) is 0 Å². The predicted octanol–water partition coefficient (Wildman–Crippen LogP) is 2.64. The highest BCUT2D eigenvalue weighted by molar-refractivity contribution is 5.44. The van der Waals surface area contributed by atoms with Crippen molar-refractivity contribution in [2.45, 2.75) is 33.1 Å². The van der Waals surface area contributed by atoms with Crippen LogP contribution in [0.3, 0.4) is 0 Å². The summed E-state index contributed by atoms with van der Waals surface area (Å²) in [6.45, 7) is 4.33. The maximum absolute atomic E-state index is 4.54. The van der Waals surface area contributed by atoms with Crippen molar-refractivity contribution < 1.29 is 0 Å². The topological polar surface area (TPSA) is 24.9 Å². The zero-order valence-electron chi connectivity index (χ0n) is 8.72. The van der Waals surface area contributed by atoms with Gasteiger partial charge in [-0.15, -0.1) is 0 Å². The fourth-order valence-corrected chi connectivity index (χ4v) is 1.43. The first-order valence-corrected chi connectivity index (χ1v) is 4.98. The van der Waals surface area contributed by atoms with Crippen LogP contribution in [0.15, 0.2) is 12.1 Å². The van der Waals surface area contributed by atoms with Crippen LogP contribution in [0.1, 0.15) is 31.5 Å². The third kappa shape index (κ3) is 2.44. The number of aromatic nitrogens is 1. The summed E-state index contributed by atoms with van der Waals surface area (Å²) in [5, 5.41) is 3.13. The lowest BCUT2D eigenvalue weighted by Gasteiger charge is -2.07. The van der Waals surface area contributed by atoms with Gasteiger partial charge in [-0.1, -0.05) is 26.3 Å². The fraction of sp³-hybridized carbons (Fsp3) is 0.545. The van der Waals surface area contributed by atoms with Crippen LogP contribution >= 0.6 is 0 Å². The van der Waals surface area contributed by atoms with E-state index in [0.29, 0.717) is 0 Å². The largest absolute Gasteiger partial charge is 0.373 e. The van der Waals surface area contributed by atoms with Gasteiger partial charge in [0.2, 0.25) is 0 Å². The number of hydrogen-bond acceptors (Lipinski definition) is 2. The Morgan fingerprint density at radius 2 is 2.08 bits per heavy atom. The van der Waals surface area contributed by atoms with Gasteiger partial charge in [-0.25, -0.2) is 4.98 Å². The van der Waals surface area contributed by atoms with E-state index >= 15 is 0 Å². The molecule has 0 atom stereocenters. The molecule has 1 N–H and O–H groups in total. The summed E-state index contributed by atoms with van der Waals surface area (Å²) in [5.74, 6) is 1.04. The van der Waals surface area contributed by atoms with Gasteiger partial charge in [0.1, 0.15) is 5.82 Å². The van der Waals surface area contributed by atoms with Crippen LogP contribution in [0.5, 0.6) is 0 Å². The molecule has 0 aromatic carbocycles. The van der Waals surface area contributed by atoms with Crippen LogP contribution in [0, 0.1) is 0 Å². The molecule has 0 saturated heterocycles. The van der Waals surface area contributed by atoms with Gasteiger partial charge in [-0.2, -0.15) is 0 Å². The molecular formula is C11H18N2. The van der Waals surface area contributed by atoms with Crippen molar-refractivity contribution in [1.82, 2.24) is 4.98 Å². The third-order valence-electron chi connectivity index (χ3n) is 2.16. The molecule has 1 aromatic heterocycles. The molecule has 0 fully saturated rings. The van der Waals surface area contributed by atoms with Crippen molar-refractivity contribution in [1.29, 1.82) is 0 Å². The SMILES string of the molecule is CCCc1ccc(CC)c(NC)n1. The molecule has 1 heterocycles. The Labute approximate surface area is 80.4 Å². The number of anilines is 1. The Bertz CT molecular complexity index is 269. The Kier molecular flexibility index (Phi) is 3.74. The molecule has 0 aliphatic rings. The van der Waals surface area contributed by atoms with Crippen LogP contribution in [-0.2, 0) is 12.8 Å². The molecule has 0 aliphatic carbocycles. The van der Waals surface area contributed by atoms with E-state index < -0.39 is 0 Å². The van der Waals surface area contributed by atoms with Crippen molar-refractivity contribution in [2.75, 3.05) is 12.4 Å². The second-order valence-corrected chi connectivity index (χ2v) is 3.16. The maximum atomic E-state index is 4.54. The van der Waals surface area contributed by atoms with Gasteiger partial charge in [-0.3, -0.25) is 0 Å². The van der Waals surface area contributed by atoms with Gasteiger partial charge in [0.25, 0.3) is 0 Å². The monoisotopic (exact) mass is 178 g/mol. The maximum Gasteiger partial charge on any atom is 0.129 e. The number of hydrogen-bond donors (Lipinski definition) is 1. The lowest BCUT2D eigenvalue weighted by Crippen LogP contribution is -2.00. The highest BCUT2D eigenvalue weighted by Gasteiger charge is 2.01. The summed E-state index contributed by atoms with van der Waals surface area (Å²) in [7, 11) is 1.93. The molecule has 13 heavy (non-hydrogen) atoms. The van der Waals surface area contributed by atoms with E-state index in [-0.39, 0.29) is 0 Å². The van der Waals surface area contributed by atoms with E-state index in [4.69, 9.17) is 0 Å². The molecule has 2 heteroatoms. The molecular weight excluding hydrogens is 160 g/mol. The van der Waals surface area contributed by atoms with Crippen molar-refractivity contribution in [2.24, 2.45) is 0 Å². The highest BCUT2D eigenvalue weighted by atomic mass is 15.0.